The van der Waals surface area contributed by atoms with Crippen LogP contribution in [0.4, 0.5) is 0 Å². The van der Waals surface area contributed by atoms with Crippen molar-refractivity contribution in [1.29, 1.82) is 0 Å². The molecule has 1 rings (SSSR count). The summed E-state index contributed by atoms with van der Waals surface area (Å²) in [7, 11) is 0.908. The molecule has 0 bridgehead atoms. The molecular weight excluding hydrogens is 171 g/mol. The van der Waals surface area contributed by atoms with E-state index in [-0.39, 0.29) is 0 Å². The minimum absolute atomic E-state index is 0.522. The van der Waals surface area contributed by atoms with E-state index in [2.05, 4.69) is 49.9 Å². The molecule has 0 saturated carbocycles. The normalized spacial score (nSPS) is 14.0. The van der Waals surface area contributed by atoms with Crippen molar-refractivity contribution in [3.63, 3.8) is 0 Å². The molecule has 0 nitrogen and oxygen atoms in total. The quantitative estimate of drug-likeness (QED) is 0.541. The van der Waals surface area contributed by atoms with Gasteiger partial charge < -0.3 is 0 Å². The van der Waals surface area contributed by atoms with E-state index in [1.54, 1.807) is 0 Å². The smallest absolute Gasteiger partial charge is 0.00283 e. The molecule has 2 unspecified atom stereocenters. The van der Waals surface area contributed by atoms with Crippen LogP contribution in [0.15, 0.2) is 30.3 Å². The van der Waals surface area contributed by atoms with Crippen LogP contribution in [-0.2, 0) is 0 Å². The lowest BCUT2D eigenvalue weighted by Crippen LogP contribution is -1.99. The Morgan fingerprint density at radius 3 is 2.55 bits per heavy atom. The van der Waals surface area contributed by atoms with Crippen LogP contribution < -0.4 is 5.30 Å². The minimum atomic E-state index is 0.522. The average molecular weight is 184 g/mol. The van der Waals surface area contributed by atoms with Crippen LogP contribution in [0.1, 0.15) is 6.92 Å². The second kappa shape index (κ2) is 4.79. The molecule has 0 aliphatic rings. The first-order valence-electron chi connectivity index (χ1n) is 3.76. The zero-order valence-corrected chi connectivity index (χ0v) is 8.51. The molecule has 0 heterocycles. The van der Waals surface area contributed by atoms with Crippen molar-refractivity contribution in [2.24, 2.45) is 0 Å². The third-order valence-electron chi connectivity index (χ3n) is 1.38. The van der Waals surface area contributed by atoms with Gasteiger partial charge in [0.25, 0.3) is 0 Å². The lowest BCUT2D eigenvalue weighted by molar-refractivity contribution is 1.14. The van der Waals surface area contributed by atoms with E-state index >= 15 is 0 Å². The summed E-state index contributed by atoms with van der Waals surface area (Å²) < 4.78 is 0. The highest BCUT2D eigenvalue weighted by molar-refractivity contribution is 7.81. The van der Waals surface area contributed by atoms with E-state index in [1.165, 1.54) is 11.5 Å². The molecule has 2 atom stereocenters. The van der Waals surface area contributed by atoms with Gasteiger partial charge in [0, 0.05) is 5.25 Å². The van der Waals surface area contributed by atoms with E-state index in [0.717, 1.165) is 8.58 Å². The van der Waals surface area contributed by atoms with Crippen LogP contribution in [0, 0.1) is 0 Å². The topological polar surface area (TPSA) is 0 Å². The lowest BCUT2D eigenvalue weighted by Gasteiger charge is -2.03. The number of benzene rings is 1. The summed E-state index contributed by atoms with van der Waals surface area (Å²) in [6.07, 6.45) is 1.19. The molecule has 60 valence electrons. The molecular formula is C9H13PS. The third kappa shape index (κ3) is 3.79. The van der Waals surface area contributed by atoms with Crippen molar-refractivity contribution in [2.45, 2.75) is 12.2 Å². The number of thiol groups is 1. The summed E-state index contributed by atoms with van der Waals surface area (Å²) in [6.45, 7) is 2.14. The van der Waals surface area contributed by atoms with Crippen molar-refractivity contribution in [2.75, 3.05) is 6.16 Å². The number of hydrogen-bond donors (Lipinski definition) is 1. The van der Waals surface area contributed by atoms with Crippen LogP contribution >= 0.6 is 21.2 Å². The molecule has 0 spiro atoms. The largest absolute Gasteiger partial charge is 0.176 e. The van der Waals surface area contributed by atoms with Gasteiger partial charge in [0.05, 0.1) is 0 Å². The summed E-state index contributed by atoms with van der Waals surface area (Å²) in [6, 6.07) is 10.6. The van der Waals surface area contributed by atoms with Gasteiger partial charge >= 0.3 is 0 Å². The van der Waals surface area contributed by atoms with Gasteiger partial charge in [0.1, 0.15) is 0 Å². The van der Waals surface area contributed by atoms with Crippen molar-refractivity contribution in [3.8, 4) is 0 Å². The SMILES string of the molecule is CC(S)CPc1ccccc1. The predicted molar refractivity (Wildman–Crippen MR) is 57.7 cm³/mol. The fourth-order valence-corrected chi connectivity index (χ4v) is 2.05. The van der Waals surface area contributed by atoms with Gasteiger partial charge in [-0.25, -0.2) is 0 Å². The highest BCUT2D eigenvalue weighted by Crippen LogP contribution is 2.13. The maximum absolute atomic E-state index is 4.34. The Labute approximate surface area is 75.6 Å². The van der Waals surface area contributed by atoms with Gasteiger partial charge in [0.2, 0.25) is 0 Å². The van der Waals surface area contributed by atoms with E-state index in [0.29, 0.717) is 5.25 Å². The van der Waals surface area contributed by atoms with E-state index < -0.39 is 0 Å². The van der Waals surface area contributed by atoms with Crippen molar-refractivity contribution < 1.29 is 0 Å². The second-order valence-electron chi connectivity index (χ2n) is 2.60. The lowest BCUT2D eigenvalue weighted by atomic mass is 10.4. The van der Waals surface area contributed by atoms with Crippen molar-refractivity contribution in [3.05, 3.63) is 30.3 Å². The van der Waals surface area contributed by atoms with Gasteiger partial charge in [-0.3, -0.25) is 0 Å². The zero-order chi connectivity index (χ0) is 8.10. The molecule has 0 aliphatic carbocycles. The maximum atomic E-state index is 4.34. The van der Waals surface area contributed by atoms with Gasteiger partial charge in [-0.2, -0.15) is 12.6 Å². The van der Waals surface area contributed by atoms with Gasteiger partial charge in [0.15, 0.2) is 0 Å². The Balaban J connectivity index is 2.39. The van der Waals surface area contributed by atoms with Gasteiger partial charge in [-0.15, -0.1) is 0 Å². The monoisotopic (exact) mass is 184 g/mol. The van der Waals surface area contributed by atoms with Gasteiger partial charge in [-0.05, 0) is 11.5 Å². The standard InChI is InChI=1S/C9H13PS/c1-8(11)7-10-9-5-3-2-4-6-9/h2-6,8,10-11H,7H2,1H3. The molecule has 0 N–H and O–H groups in total. The second-order valence-corrected chi connectivity index (χ2v) is 4.82. The van der Waals surface area contributed by atoms with Crippen molar-refractivity contribution >= 4 is 26.5 Å². The first kappa shape index (κ1) is 9.09. The molecule has 1 aromatic carbocycles. The highest BCUT2D eigenvalue weighted by atomic mass is 32.1. The minimum Gasteiger partial charge on any atom is -0.176 e. The third-order valence-corrected chi connectivity index (χ3v) is 3.46. The molecule has 0 aliphatic heterocycles. The van der Waals surface area contributed by atoms with Crippen LogP contribution in [0.5, 0.6) is 0 Å². The van der Waals surface area contributed by atoms with Gasteiger partial charge in [-0.1, -0.05) is 45.8 Å². The average Bonchev–Trinajstić information content (AvgIpc) is 2.03. The Hall–Kier alpha value is 0. The molecule has 0 radical (unpaired) electrons. The Morgan fingerprint density at radius 2 is 2.00 bits per heavy atom. The predicted octanol–water partition coefficient (Wildman–Crippen LogP) is 2.31. The summed E-state index contributed by atoms with van der Waals surface area (Å²) in [5, 5.41) is 1.96. The Morgan fingerprint density at radius 1 is 1.36 bits per heavy atom. The highest BCUT2D eigenvalue weighted by Gasteiger charge is 1.94. The summed E-state index contributed by atoms with van der Waals surface area (Å²) in [4.78, 5) is 0. The molecule has 11 heavy (non-hydrogen) atoms. The Kier molecular flexibility index (Phi) is 3.96. The van der Waals surface area contributed by atoms with Crippen LogP contribution in [-0.4, -0.2) is 11.4 Å². The van der Waals surface area contributed by atoms with E-state index in [9.17, 15) is 0 Å². The fourth-order valence-electron chi connectivity index (χ4n) is 0.822. The van der Waals surface area contributed by atoms with E-state index in [4.69, 9.17) is 0 Å². The zero-order valence-electron chi connectivity index (χ0n) is 6.62. The summed E-state index contributed by atoms with van der Waals surface area (Å²) in [5.41, 5.74) is 0. The van der Waals surface area contributed by atoms with E-state index in [1.807, 2.05) is 0 Å². The molecule has 0 aromatic heterocycles. The van der Waals surface area contributed by atoms with Crippen LogP contribution in [0.3, 0.4) is 0 Å². The first-order valence-corrected chi connectivity index (χ1v) is 5.48. The number of hydrogen-bond acceptors (Lipinski definition) is 1. The molecule has 0 saturated heterocycles. The Bertz CT molecular complexity index is 196. The molecule has 0 fully saturated rings. The molecule has 0 amide bonds. The first-order chi connectivity index (χ1) is 5.29. The molecule has 1 aromatic rings. The molecule has 2 heteroatoms. The number of rotatable bonds is 3. The maximum Gasteiger partial charge on any atom is 0.00283 e. The summed E-state index contributed by atoms with van der Waals surface area (Å²) >= 11 is 4.34. The van der Waals surface area contributed by atoms with Crippen molar-refractivity contribution in [1.82, 2.24) is 0 Å². The fraction of sp³-hybridized carbons (Fsp3) is 0.333. The summed E-state index contributed by atoms with van der Waals surface area (Å²) in [5.74, 6) is 0. The van der Waals surface area contributed by atoms with Crippen LogP contribution in [0.2, 0.25) is 0 Å². The van der Waals surface area contributed by atoms with Crippen LogP contribution in [0.25, 0.3) is 0 Å².